The zero-order valence-electron chi connectivity index (χ0n) is 11.9. The van der Waals surface area contributed by atoms with Crippen molar-refractivity contribution in [2.75, 3.05) is 19.5 Å². The third-order valence-corrected chi connectivity index (χ3v) is 2.68. The number of nitrogens with two attached hydrogens (primary N) is 1. The number of benzene rings is 1. The van der Waals surface area contributed by atoms with Crippen LogP contribution in [0.5, 0.6) is 11.5 Å². The van der Waals surface area contributed by atoms with Crippen LogP contribution in [-0.2, 0) is 4.79 Å². The fourth-order valence-corrected chi connectivity index (χ4v) is 1.73. The zero-order chi connectivity index (χ0) is 14.4. The molecule has 0 aliphatic heterocycles. The van der Waals surface area contributed by atoms with Crippen molar-refractivity contribution < 1.29 is 14.3 Å². The summed E-state index contributed by atoms with van der Waals surface area (Å²) in [5, 5.41) is 2.77. The lowest BCUT2D eigenvalue weighted by atomic mass is 10.0. The van der Waals surface area contributed by atoms with E-state index < -0.39 is 6.04 Å². The molecule has 1 rings (SSSR count). The minimum atomic E-state index is -0.516. The number of methoxy groups -OCH3 is 2. The topological polar surface area (TPSA) is 73.6 Å². The van der Waals surface area contributed by atoms with Gasteiger partial charge in [-0.2, -0.15) is 0 Å². The minimum absolute atomic E-state index is 0.205. The Morgan fingerprint density at radius 1 is 1.21 bits per heavy atom. The molecule has 0 saturated carbocycles. The molecule has 0 aliphatic rings. The van der Waals surface area contributed by atoms with E-state index in [2.05, 4.69) is 5.32 Å². The average molecular weight is 266 g/mol. The lowest BCUT2D eigenvalue weighted by Crippen LogP contribution is -2.36. The molecule has 0 aliphatic carbocycles. The van der Waals surface area contributed by atoms with Crippen LogP contribution < -0.4 is 20.5 Å². The molecule has 0 spiro atoms. The molecule has 5 nitrogen and oxygen atoms in total. The minimum Gasteiger partial charge on any atom is -0.497 e. The summed E-state index contributed by atoms with van der Waals surface area (Å²) in [7, 11) is 3.12. The number of anilines is 1. The number of rotatable bonds is 6. The lowest BCUT2D eigenvalue weighted by molar-refractivity contribution is -0.117. The number of hydrogen-bond donors (Lipinski definition) is 2. The molecule has 1 aromatic carbocycles. The van der Waals surface area contributed by atoms with E-state index in [1.807, 2.05) is 13.8 Å². The van der Waals surface area contributed by atoms with Crippen molar-refractivity contribution in [2.24, 2.45) is 11.7 Å². The van der Waals surface area contributed by atoms with Gasteiger partial charge in [-0.25, -0.2) is 0 Å². The van der Waals surface area contributed by atoms with Crippen LogP contribution >= 0.6 is 0 Å². The molecule has 106 valence electrons. The maximum absolute atomic E-state index is 11.9. The Morgan fingerprint density at radius 3 is 2.16 bits per heavy atom. The van der Waals surface area contributed by atoms with Gasteiger partial charge in [0.2, 0.25) is 5.91 Å². The van der Waals surface area contributed by atoms with Gasteiger partial charge in [-0.1, -0.05) is 13.8 Å². The molecule has 0 radical (unpaired) electrons. The fraction of sp³-hybridized carbons (Fsp3) is 0.500. The van der Waals surface area contributed by atoms with Gasteiger partial charge in [0.25, 0.3) is 0 Å². The second-order valence-corrected chi connectivity index (χ2v) is 4.83. The first-order chi connectivity index (χ1) is 8.96. The summed E-state index contributed by atoms with van der Waals surface area (Å²) in [5.41, 5.74) is 6.44. The molecule has 0 heterocycles. The first-order valence-electron chi connectivity index (χ1n) is 6.25. The number of amides is 1. The largest absolute Gasteiger partial charge is 0.497 e. The highest BCUT2D eigenvalue weighted by molar-refractivity contribution is 5.95. The van der Waals surface area contributed by atoms with Crippen LogP contribution in [0.4, 0.5) is 5.69 Å². The van der Waals surface area contributed by atoms with Gasteiger partial charge in [0.15, 0.2) is 0 Å². The van der Waals surface area contributed by atoms with Crippen molar-refractivity contribution in [1.82, 2.24) is 0 Å². The Labute approximate surface area is 114 Å². The van der Waals surface area contributed by atoms with Gasteiger partial charge in [-0.3, -0.25) is 4.79 Å². The zero-order valence-corrected chi connectivity index (χ0v) is 11.9. The highest BCUT2D eigenvalue weighted by Gasteiger charge is 2.15. The molecule has 19 heavy (non-hydrogen) atoms. The summed E-state index contributed by atoms with van der Waals surface area (Å²) in [5.74, 6) is 1.41. The normalized spacial score (nSPS) is 12.1. The summed E-state index contributed by atoms with van der Waals surface area (Å²) in [6, 6.07) is 4.67. The number of ether oxygens (including phenoxy) is 2. The first kappa shape index (κ1) is 15.3. The van der Waals surface area contributed by atoms with E-state index >= 15 is 0 Å². The third kappa shape index (κ3) is 4.79. The Hall–Kier alpha value is -1.75. The number of nitrogens with one attached hydrogen (secondary N) is 1. The summed E-state index contributed by atoms with van der Waals surface area (Å²) < 4.78 is 10.3. The molecule has 1 amide bonds. The summed E-state index contributed by atoms with van der Waals surface area (Å²) in [4.78, 5) is 11.9. The van der Waals surface area contributed by atoms with Gasteiger partial charge in [0, 0.05) is 23.9 Å². The Kier molecular flexibility index (Phi) is 5.63. The lowest BCUT2D eigenvalue weighted by Gasteiger charge is -2.15. The van der Waals surface area contributed by atoms with Crippen molar-refractivity contribution in [3.8, 4) is 11.5 Å². The molecule has 0 saturated heterocycles. The molecule has 1 aromatic rings. The van der Waals surface area contributed by atoms with Gasteiger partial charge >= 0.3 is 0 Å². The highest BCUT2D eigenvalue weighted by Crippen LogP contribution is 2.25. The fourth-order valence-electron chi connectivity index (χ4n) is 1.73. The number of carbonyl (C=O) groups is 1. The number of hydrogen-bond acceptors (Lipinski definition) is 4. The van der Waals surface area contributed by atoms with Gasteiger partial charge in [0.05, 0.1) is 20.3 Å². The summed E-state index contributed by atoms with van der Waals surface area (Å²) in [6.45, 7) is 4.06. The van der Waals surface area contributed by atoms with Crippen LogP contribution in [0.1, 0.15) is 20.3 Å². The van der Waals surface area contributed by atoms with Crippen molar-refractivity contribution >= 4 is 11.6 Å². The molecule has 1 atom stereocenters. The van der Waals surface area contributed by atoms with Crippen molar-refractivity contribution in [3.05, 3.63) is 18.2 Å². The standard InChI is InChI=1S/C14H22N2O3/c1-9(2)5-13(15)14(17)16-10-6-11(18-3)8-12(7-10)19-4/h6-9,13H,5,15H2,1-4H3,(H,16,17)/t13-/m0/s1. The van der Waals surface area contributed by atoms with Gasteiger partial charge in [-0.15, -0.1) is 0 Å². The van der Waals surface area contributed by atoms with Crippen LogP contribution in [-0.4, -0.2) is 26.2 Å². The summed E-state index contributed by atoms with van der Waals surface area (Å²) in [6.07, 6.45) is 0.646. The highest BCUT2D eigenvalue weighted by atomic mass is 16.5. The first-order valence-corrected chi connectivity index (χ1v) is 6.25. The monoisotopic (exact) mass is 266 g/mol. The Balaban J connectivity index is 2.78. The molecule has 5 heteroatoms. The van der Waals surface area contributed by atoms with E-state index in [1.165, 1.54) is 0 Å². The molecular formula is C14H22N2O3. The van der Waals surface area contributed by atoms with Gasteiger partial charge < -0.3 is 20.5 Å². The number of carbonyl (C=O) groups excluding carboxylic acids is 1. The van der Waals surface area contributed by atoms with E-state index in [0.717, 1.165) is 0 Å². The second kappa shape index (κ2) is 6.99. The van der Waals surface area contributed by atoms with Crippen molar-refractivity contribution in [2.45, 2.75) is 26.3 Å². The molecule has 0 fully saturated rings. The average Bonchev–Trinajstić information content (AvgIpc) is 2.37. The maximum Gasteiger partial charge on any atom is 0.241 e. The second-order valence-electron chi connectivity index (χ2n) is 4.83. The van der Waals surface area contributed by atoms with Crippen molar-refractivity contribution in [3.63, 3.8) is 0 Å². The van der Waals surface area contributed by atoms with Crippen LogP contribution in [0.2, 0.25) is 0 Å². The van der Waals surface area contributed by atoms with Crippen LogP contribution in [0.15, 0.2) is 18.2 Å². The van der Waals surface area contributed by atoms with E-state index in [0.29, 0.717) is 29.5 Å². The van der Waals surface area contributed by atoms with E-state index in [4.69, 9.17) is 15.2 Å². The molecule has 0 aromatic heterocycles. The summed E-state index contributed by atoms with van der Waals surface area (Å²) >= 11 is 0. The molecular weight excluding hydrogens is 244 g/mol. The van der Waals surface area contributed by atoms with Crippen LogP contribution in [0, 0.1) is 5.92 Å². The van der Waals surface area contributed by atoms with E-state index in [9.17, 15) is 4.79 Å². The van der Waals surface area contributed by atoms with Crippen molar-refractivity contribution in [1.29, 1.82) is 0 Å². The van der Waals surface area contributed by atoms with Gasteiger partial charge in [-0.05, 0) is 12.3 Å². The SMILES string of the molecule is COc1cc(NC(=O)[C@@H](N)CC(C)C)cc(OC)c1. The molecule has 0 bridgehead atoms. The van der Waals surface area contributed by atoms with E-state index in [1.54, 1.807) is 32.4 Å². The van der Waals surface area contributed by atoms with Crippen LogP contribution in [0.3, 0.4) is 0 Å². The van der Waals surface area contributed by atoms with Crippen LogP contribution in [0.25, 0.3) is 0 Å². The van der Waals surface area contributed by atoms with Gasteiger partial charge in [0.1, 0.15) is 11.5 Å². The Morgan fingerprint density at radius 2 is 1.74 bits per heavy atom. The Bertz CT molecular complexity index is 410. The predicted octanol–water partition coefficient (Wildman–Crippen LogP) is 2.02. The third-order valence-electron chi connectivity index (χ3n) is 2.68. The molecule has 3 N–H and O–H groups in total. The molecule has 0 unspecified atom stereocenters. The van der Waals surface area contributed by atoms with E-state index in [-0.39, 0.29) is 5.91 Å². The smallest absolute Gasteiger partial charge is 0.241 e. The maximum atomic E-state index is 11.9. The predicted molar refractivity (Wildman–Crippen MR) is 75.6 cm³/mol. The quantitative estimate of drug-likeness (QED) is 0.826.